The average Bonchev–Trinajstić information content (AvgIpc) is 2.87. The number of likely N-dealkylation sites (N-methyl/N-ethyl adjacent to an activating group) is 1. The third-order valence-corrected chi connectivity index (χ3v) is 5.24. The second-order valence-electron chi connectivity index (χ2n) is 4.58. The van der Waals surface area contributed by atoms with Gasteiger partial charge in [-0.3, -0.25) is 4.79 Å². The predicted octanol–water partition coefficient (Wildman–Crippen LogP) is 0.307. The topological polar surface area (TPSA) is 92.5 Å². The Balaban J connectivity index is 2.41. The van der Waals surface area contributed by atoms with Crippen LogP contribution < -0.4 is 11.1 Å². The van der Waals surface area contributed by atoms with Crippen LogP contribution in [-0.2, 0) is 14.8 Å². The van der Waals surface area contributed by atoms with Gasteiger partial charge < -0.3 is 11.1 Å². The van der Waals surface area contributed by atoms with E-state index in [0.29, 0.717) is 12.8 Å². The van der Waals surface area contributed by atoms with Gasteiger partial charge in [0.05, 0.1) is 0 Å². The third kappa shape index (κ3) is 2.48. The summed E-state index contributed by atoms with van der Waals surface area (Å²) in [6, 6.07) is 2.61. The van der Waals surface area contributed by atoms with Gasteiger partial charge in [0.1, 0.15) is 16.8 Å². The highest BCUT2D eigenvalue weighted by atomic mass is 32.2. The van der Waals surface area contributed by atoms with E-state index < -0.39 is 26.8 Å². The van der Waals surface area contributed by atoms with Crippen molar-refractivity contribution in [3.05, 3.63) is 24.0 Å². The van der Waals surface area contributed by atoms with Crippen LogP contribution in [-0.4, -0.2) is 38.3 Å². The Morgan fingerprint density at radius 1 is 1.50 bits per heavy atom. The molecule has 1 aromatic rings. The van der Waals surface area contributed by atoms with Crippen molar-refractivity contribution in [1.29, 1.82) is 0 Å². The molecule has 2 rings (SSSR count). The molecule has 1 aromatic carbocycles. The highest BCUT2D eigenvalue weighted by Crippen LogP contribution is 2.28. The molecule has 1 unspecified atom stereocenters. The quantitative estimate of drug-likeness (QED) is 0.786. The molecule has 0 aliphatic carbocycles. The Morgan fingerprint density at radius 2 is 2.20 bits per heavy atom. The maximum atomic E-state index is 13.8. The van der Waals surface area contributed by atoms with Crippen molar-refractivity contribution >= 4 is 21.6 Å². The number of nitrogens with two attached hydrogens (primary N) is 1. The van der Waals surface area contributed by atoms with E-state index in [0.717, 1.165) is 16.4 Å². The van der Waals surface area contributed by atoms with Crippen LogP contribution in [0.5, 0.6) is 0 Å². The summed E-state index contributed by atoms with van der Waals surface area (Å²) >= 11 is 0. The van der Waals surface area contributed by atoms with Crippen molar-refractivity contribution < 1.29 is 17.6 Å². The molecule has 0 saturated carbocycles. The van der Waals surface area contributed by atoms with E-state index in [9.17, 15) is 17.6 Å². The summed E-state index contributed by atoms with van der Waals surface area (Å²) in [6.07, 6.45) is 0.989. The van der Waals surface area contributed by atoms with E-state index in [4.69, 9.17) is 5.73 Å². The first kappa shape index (κ1) is 14.7. The summed E-state index contributed by atoms with van der Waals surface area (Å²) < 4.78 is 39.8. The van der Waals surface area contributed by atoms with Crippen molar-refractivity contribution in [3.63, 3.8) is 0 Å². The van der Waals surface area contributed by atoms with Crippen molar-refractivity contribution in [2.45, 2.75) is 23.8 Å². The fraction of sp³-hybridized carbons (Fsp3) is 0.417. The molecule has 1 saturated heterocycles. The average molecular weight is 301 g/mol. The Bertz CT molecular complexity index is 633. The minimum atomic E-state index is -4.05. The maximum Gasteiger partial charge on any atom is 0.246 e. The molecule has 1 aliphatic rings. The van der Waals surface area contributed by atoms with Gasteiger partial charge in [0, 0.05) is 19.3 Å². The number of carbonyl (C=O) groups excluding carboxylic acids is 1. The zero-order valence-corrected chi connectivity index (χ0v) is 11.8. The normalized spacial score (nSPS) is 20.0. The first-order valence-electron chi connectivity index (χ1n) is 6.16. The molecule has 1 fully saturated rings. The number of hydrogen-bond donors (Lipinski definition) is 2. The molecule has 6 nitrogen and oxygen atoms in total. The number of nitrogens with one attached hydrogen (secondary N) is 1. The number of benzene rings is 1. The number of nitrogens with zero attached hydrogens (tertiary/aromatic N) is 1. The number of nitrogen functional groups attached to an aromatic ring is 1. The van der Waals surface area contributed by atoms with Gasteiger partial charge in [-0.2, -0.15) is 4.31 Å². The minimum absolute atomic E-state index is 0.144. The van der Waals surface area contributed by atoms with Crippen molar-refractivity contribution in [3.8, 4) is 0 Å². The van der Waals surface area contributed by atoms with Crippen LogP contribution in [0.3, 0.4) is 0 Å². The Labute approximate surface area is 116 Å². The molecule has 3 N–H and O–H groups in total. The van der Waals surface area contributed by atoms with E-state index >= 15 is 0 Å². The molecule has 0 spiro atoms. The number of amides is 1. The first-order valence-corrected chi connectivity index (χ1v) is 7.60. The molecule has 20 heavy (non-hydrogen) atoms. The van der Waals surface area contributed by atoms with Crippen LogP contribution in [0, 0.1) is 5.82 Å². The predicted molar refractivity (Wildman–Crippen MR) is 71.8 cm³/mol. The Hall–Kier alpha value is -1.67. The summed E-state index contributed by atoms with van der Waals surface area (Å²) in [5.41, 5.74) is 5.55. The molecule has 0 radical (unpaired) electrons. The van der Waals surface area contributed by atoms with Crippen LogP contribution in [0.1, 0.15) is 12.8 Å². The first-order chi connectivity index (χ1) is 9.37. The number of anilines is 1. The number of carbonyl (C=O) groups is 1. The van der Waals surface area contributed by atoms with Crippen LogP contribution in [0.2, 0.25) is 0 Å². The largest absolute Gasteiger partial charge is 0.399 e. The summed E-state index contributed by atoms with van der Waals surface area (Å²) in [5.74, 6) is -1.30. The molecule has 8 heteroatoms. The van der Waals surface area contributed by atoms with Crippen LogP contribution in [0.25, 0.3) is 0 Å². The number of hydrogen-bond acceptors (Lipinski definition) is 4. The molecule has 0 bridgehead atoms. The SMILES string of the molecule is CNC(=O)C1CCCN1S(=O)(=O)c1ccc(N)cc1F. The lowest BCUT2D eigenvalue weighted by Gasteiger charge is -2.23. The van der Waals surface area contributed by atoms with E-state index in [2.05, 4.69) is 5.32 Å². The second kappa shape index (κ2) is 5.37. The standard InChI is InChI=1S/C12H16FN3O3S/c1-15-12(17)10-3-2-6-16(10)20(18,19)11-5-4-8(14)7-9(11)13/h4-5,7,10H,2-3,6,14H2,1H3,(H,15,17). The lowest BCUT2D eigenvalue weighted by molar-refractivity contribution is -0.123. The van der Waals surface area contributed by atoms with Crippen molar-refractivity contribution in [2.75, 3.05) is 19.3 Å². The minimum Gasteiger partial charge on any atom is -0.399 e. The van der Waals surface area contributed by atoms with E-state index in [1.165, 1.54) is 13.1 Å². The molecule has 110 valence electrons. The highest BCUT2D eigenvalue weighted by molar-refractivity contribution is 7.89. The lowest BCUT2D eigenvalue weighted by Crippen LogP contribution is -2.45. The Kier molecular flexibility index (Phi) is 3.96. The van der Waals surface area contributed by atoms with E-state index in [1.54, 1.807) is 0 Å². The van der Waals surface area contributed by atoms with Gasteiger partial charge in [0.25, 0.3) is 0 Å². The smallest absolute Gasteiger partial charge is 0.246 e. The van der Waals surface area contributed by atoms with Crippen molar-refractivity contribution in [1.82, 2.24) is 9.62 Å². The summed E-state index contributed by atoms with van der Waals surface area (Å²) in [6.45, 7) is 0.199. The summed E-state index contributed by atoms with van der Waals surface area (Å²) in [7, 11) is -2.61. The fourth-order valence-corrected chi connectivity index (χ4v) is 4.01. The van der Waals surface area contributed by atoms with E-state index in [-0.39, 0.29) is 18.1 Å². The summed E-state index contributed by atoms with van der Waals surface area (Å²) in [4.78, 5) is 11.3. The maximum absolute atomic E-state index is 13.8. The van der Waals surface area contributed by atoms with E-state index in [1.807, 2.05) is 0 Å². The van der Waals surface area contributed by atoms with Gasteiger partial charge in [-0.05, 0) is 31.0 Å². The third-order valence-electron chi connectivity index (χ3n) is 3.30. The lowest BCUT2D eigenvalue weighted by atomic mass is 10.2. The molecule has 1 aliphatic heterocycles. The molecular formula is C12H16FN3O3S. The van der Waals surface area contributed by atoms with Crippen LogP contribution in [0.4, 0.5) is 10.1 Å². The van der Waals surface area contributed by atoms with Gasteiger partial charge in [0.15, 0.2) is 0 Å². The number of halogens is 1. The van der Waals surface area contributed by atoms with Gasteiger partial charge in [0.2, 0.25) is 15.9 Å². The molecule has 1 heterocycles. The number of rotatable bonds is 3. The summed E-state index contributed by atoms with van der Waals surface area (Å²) in [5, 5.41) is 2.43. The monoisotopic (exact) mass is 301 g/mol. The van der Waals surface area contributed by atoms with Crippen molar-refractivity contribution in [2.24, 2.45) is 0 Å². The van der Waals surface area contributed by atoms with Crippen LogP contribution in [0.15, 0.2) is 23.1 Å². The van der Waals surface area contributed by atoms with Crippen LogP contribution >= 0.6 is 0 Å². The number of sulfonamides is 1. The highest BCUT2D eigenvalue weighted by Gasteiger charge is 2.40. The Morgan fingerprint density at radius 3 is 2.80 bits per heavy atom. The van der Waals surface area contributed by atoms with Gasteiger partial charge in [-0.25, -0.2) is 12.8 Å². The molecular weight excluding hydrogens is 285 g/mol. The molecule has 1 atom stereocenters. The fourth-order valence-electron chi connectivity index (χ4n) is 2.31. The zero-order valence-electron chi connectivity index (χ0n) is 11.0. The molecule has 1 amide bonds. The van der Waals surface area contributed by atoms with Gasteiger partial charge in [-0.15, -0.1) is 0 Å². The molecule has 0 aromatic heterocycles. The second-order valence-corrected chi connectivity index (χ2v) is 6.44. The van der Waals surface area contributed by atoms with Gasteiger partial charge >= 0.3 is 0 Å². The zero-order chi connectivity index (χ0) is 14.9. The van der Waals surface area contributed by atoms with Gasteiger partial charge in [-0.1, -0.05) is 0 Å².